The maximum Gasteiger partial charge on any atom is 0.234 e. The first-order valence-corrected chi connectivity index (χ1v) is 6.90. The van der Waals surface area contributed by atoms with Crippen LogP contribution in [0.25, 0.3) is 0 Å². The maximum atomic E-state index is 12.1. The molecule has 1 atom stereocenters. The number of hydrogen-bond acceptors (Lipinski definition) is 5. The minimum atomic E-state index is -1.33. The zero-order chi connectivity index (χ0) is 14.7. The second-order valence-electron chi connectivity index (χ2n) is 4.38. The molecule has 2 aromatic rings. The van der Waals surface area contributed by atoms with E-state index in [4.69, 9.17) is 0 Å². The minimum absolute atomic E-state index is 0.138. The molecule has 6 heteroatoms. The van der Waals surface area contributed by atoms with Gasteiger partial charge in [-0.3, -0.25) is 4.79 Å². The van der Waals surface area contributed by atoms with Crippen molar-refractivity contribution in [2.75, 3.05) is 5.32 Å². The van der Waals surface area contributed by atoms with Gasteiger partial charge in [0.05, 0.1) is 17.6 Å². The van der Waals surface area contributed by atoms with Crippen LogP contribution in [-0.4, -0.2) is 16.9 Å². The van der Waals surface area contributed by atoms with Crippen LogP contribution < -0.4 is 10.4 Å². The normalized spacial score (nSPS) is 11.9. The van der Waals surface area contributed by atoms with Crippen LogP contribution in [0.1, 0.15) is 33.9 Å². The molecule has 0 saturated heterocycles. The molecule has 0 spiro atoms. The van der Waals surface area contributed by atoms with Crippen molar-refractivity contribution in [1.82, 2.24) is 4.98 Å². The summed E-state index contributed by atoms with van der Waals surface area (Å²) in [5, 5.41) is 15.3. The van der Waals surface area contributed by atoms with Crippen molar-refractivity contribution in [1.29, 1.82) is 0 Å². The van der Waals surface area contributed by atoms with Crippen LogP contribution in [-0.2, 0) is 4.79 Å². The molecule has 0 radical (unpaired) electrons. The molecular weight excluding hydrogens is 276 g/mol. The van der Waals surface area contributed by atoms with Crippen LogP contribution in [0.15, 0.2) is 29.6 Å². The number of nitrogens with one attached hydrogen (secondary N) is 1. The summed E-state index contributed by atoms with van der Waals surface area (Å²) in [6, 6.07) is 7.44. The number of carbonyl (C=O) groups is 2. The molecule has 0 aliphatic carbocycles. The van der Waals surface area contributed by atoms with Crippen LogP contribution in [0, 0.1) is 6.92 Å². The van der Waals surface area contributed by atoms with Gasteiger partial charge in [0, 0.05) is 11.1 Å². The second kappa shape index (κ2) is 5.83. The number of nitrogens with zero attached hydrogens (tertiary/aromatic N) is 1. The van der Waals surface area contributed by atoms with Gasteiger partial charge in [-0.15, -0.1) is 11.3 Å². The Labute approximate surface area is 120 Å². The smallest absolute Gasteiger partial charge is 0.234 e. The fraction of sp³-hybridized carbons (Fsp3) is 0.214. The molecule has 0 bridgehead atoms. The monoisotopic (exact) mass is 289 g/mol. The van der Waals surface area contributed by atoms with Gasteiger partial charge >= 0.3 is 0 Å². The summed E-state index contributed by atoms with van der Waals surface area (Å²) >= 11 is 1.14. The highest BCUT2D eigenvalue weighted by molar-refractivity contribution is 7.10. The number of carboxylic acid groups (broad SMARTS) is 1. The van der Waals surface area contributed by atoms with E-state index in [0.717, 1.165) is 22.6 Å². The Hall–Kier alpha value is -2.21. The number of hydrogen-bond donors (Lipinski definition) is 1. The minimum Gasteiger partial charge on any atom is -0.543 e. The molecule has 1 heterocycles. The standard InChI is InChI=1S/C14H14N2O3S/c1-8-5-3-4-6-10(8)15-12(17)9(2)13-16-11(7-20-13)14(18)19/h3-7,9H,1-2H3,(H,15,17)(H,18,19)/p-1/t9-/m1/s1. The fourth-order valence-corrected chi connectivity index (χ4v) is 2.49. The Balaban J connectivity index is 2.12. The second-order valence-corrected chi connectivity index (χ2v) is 5.27. The molecule has 20 heavy (non-hydrogen) atoms. The van der Waals surface area contributed by atoms with Crippen LogP contribution in [0.4, 0.5) is 5.69 Å². The van der Waals surface area contributed by atoms with E-state index < -0.39 is 11.9 Å². The fourth-order valence-electron chi connectivity index (χ4n) is 1.65. The Morgan fingerprint density at radius 3 is 2.65 bits per heavy atom. The Morgan fingerprint density at radius 2 is 2.05 bits per heavy atom. The molecule has 0 fully saturated rings. The van der Waals surface area contributed by atoms with Gasteiger partial charge in [0.15, 0.2) is 0 Å². The number of carbonyl (C=O) groups excluding carboxylic acids is 2. The van der Waals surface area contributed by atoms with Crippen LogP contribution in [0.5, 0.6) is 0 Å². The highest BCUT2D eigenvalue weighted by atomic mass is 32.1. The quantitative estimate of drug-likeness (QED) is 0.926. The zero-order valence-corrected chi connectivity index (χ0v) is 11.9. The van der Waals surface area contributed by atoms with Gasteiger partial charge in [-0.05, 0) is 25.5 Å². The average Bonchev–Trinajstić information content (AvgIpc) is 2.90. The van der Waals surface area contributed by atoms with E-state index in [-0.39, 0.29) is 11.6 Å². The lowest BCUT2D eigenvalue weighted by Gasteiger charge is -2.11. The van der Waals surface area contributed by atoms with Crippen LogP contribution in [0.2, 0.25) is 0 Å². The Morgan fingerprint density at radius 1 is 1.35 bits per heavy atom. The van der Waals surface area contributed by atoms with Crippen molar-refractivity contribution in [3.05, 3.63) is 45.9 Å². The molecule has 1 aromatic carbocycles. The van der Waals surface area contributed by atoms with Crippen molar-refractivity contribution in [2.45, 2.75) is 19.8 Å². The van der Waals surface area contributed by atoms with Crippen molar-refractivity contribution >= 4 is 28.9 Å². The van der Waals surface area contributed by atoms with E-state index in [1.807, 2.05) is 31.2 Å². The molecule has 5 nitrogen and oxygen atoms in total. The number of aromatic carboxylic acids is 1. The summed E-state index contributed by atoms with van der Waals surface area (Å²) in [5.74, 6) is -2.08. The number of carboxylic acids is 1. The predicted octanol–water partition coefficient (Wildman–Crippen LogP) is 1.56. The van der Waals surface area contributed by atoms with Crippen molar-refractivity contribution in [3.8, 4) is 0 Å². The van der Waals surface area contributed by atoms with E-state index in [1.54, 1.807) is 6.92 Å². The first-order chi connectivity index (χ1) is 9.49. The lowest BCUT2D eigenvalue weighted by molar-refractivity contribution is -0.255. The van der Waals surface area contributed by atoms with Gasteiger partial charge in [0.25, 0.3) is 0 Å². The molecule has 0 aliphatic rings. The zero-order valence-electron chi connectivity index (χ0n) is 11.0. The molecule has 0 saturated carbocycles. The average molecular weight is 289 g/mol. The van der Waals surface area contributed by atoms with Gasteiger partial charge < -0.3 is 15.2 Å². The number of para-hydroxylation sites is 1. The number of amides is 1. The van der Waals surface area contributed by atoms with Crippen LogP contribution in [0.3, 0.4) is 0 Å². The summed E-state index contributed by atoms with van der Waals surface area (Å²) in [4.78, 5) is 26.7. The first-order valence-electron chi connectivity index (χ1n) is 6.02. The molecule has 0 aliphatic heterocycles. The van der Waals surface area contributed by atoms with Gasteiger partial charge in [-0.25, -0.2) is 4.98 Å². The number of thiazole rings is 1. The van der Waals surface area contributed by atoms with Gasteiger partial charge in [0.2, 0.25) is 5.91 Å². The maximum absolute atomic E-state index is 12.1. The van der Waals surface area contributed by atoms with Gasteiger partial charge in [-0.2, -0.15) is 0 Å². The lowest BCUT2D eigenvalue weighted by atomic mass is 10.1. The largest absolute Gasteiger partial charge is 0.543 e. The third kappa shape index (κ3) is 3.03. The molecule has 1 aromatic heterocycles. The summed E-state index contributed by atoms with van der Waals surface area (Å²) in [6.45, 7) is 3.59. The lowest BCUT2D eigenvalue weighted by Crippen LogP contribution is -2.23. The van der Waals surface area contributed by atoms with E-state index in [0.29, 0.717) is 5.01 Å². The van der Waals surface area contributed by atoms with Crippen molar-refractivity contribution < 1.29 is 14.7 Å². The van der Waals surface area contributed by atoms with Crippen LogP contribution >= 0.6 is 11.3 Å². The molecule has 1 amide bonds. The number of aromatic nitrogens is 1. The van der Waals surface area contributed by atoms with E-state index in [2.05, 4.69) is 10.3 Å². The highest BCUT2D eigenvalue weighted by Crippen LogP contribution is 2.22. The van der Waals surface area contributed by atoms with Crippen molar-refractivity contribution in [2.24, 2.45) is 0 Å². The topological polar surface area (TPSA) is 82.1 Å². The predicted molar refractivity (Wildman–Crippen MR) is 74.7 cm³/mol. The number of benzene rings is 1. The summed E-state index contributed by atoms with van der Waals surface area (Å²) in [7, 11) is 0. The number of aryl methyl sites for hydroxylation is 1. The summed E-state index contributed by atoms with van der Waals surface area (Å²) < 4.78 is 0. The van der Waals surface area contributed by atoms with E-state index >= 15 is 0 Å². The van der Waals surface area contributed by atoms with E-state index in [1.165, 1.54) is 5.38 Å². The SMILES string of the molecule is Cc1ccccc1NC(=O)[C@@H](C)c1nc(C(=O)[O-])cs1. The molecule has 2 rings (SSSR count). The first kappa shape index (κ1) is 14.2. The van der Waals surface area contributed by atoms with Gasteiger partial charge in [0.1, 0.15) is 5.01 Å². The number of rotatable bonds is 4. The third-order valence-corrected chi connectivity index (χ3v) is 3.93. The molecule has 0 unspecified atom stereocenters. The summed E-state index contributed by atoms with van der Waals surface area (Å²) in [5.41, 5.74) is 1.56. The van der Waals surface area contributed by atoms with E-state index in [9.17, 15) is 14.7 Å². The Bertz CT molecular complexity index is 651. The highest BCUT2D eigenvalue weighted by Gasteiger charge is 2.19. The summed E-state index contributed by atoms with van der Waals surface area (Å²) in [6.07, 6.45) is 0. The van der Waals surface area contributed by atoms with Crippen molar-refractivity contribution in [3.63, 3.8) is 0 Å². The molecule has 1 N–H and O–H groups in total. The molecule has 104 valence electrons. The third-order valence-electron chi connectivity index (χ3n) is 2.90. The Kier molecular flexibility index (Phi) is 4.14. The number of anilines is 1. The van der Waals surface area contributed by atoms with Gasteiger partial charge in [-0.1, -0.05) is 18.2 Å². The molecular formula is C14H13N2O3S-.